The number of hydrogen-bond acceptors (Lipinski definition) is 6. The molecule has 1 aromatic heterocycles. The van der Waals surface area contributed by atoms with Gasteiger partial charge in [-0.25, -0.2) is 4.79 Å². The molecule has 0 bridgehead atoms. The predicted molar refractivity (Wildman–Crippen MR) is 126 cm³/mol. The Morgan fingerprint density at radius 2 is 1.68 bits per heavy atom. The number of carbonyl (C=O) groups excluding carboxylic acids is 1. The zero-order valence-electron chi connectivity index (χ0n) is 19.4. The molecule has 1 aliphatic heterocycles. The highest BCUT2D eigenvalue weighted by atomic mass is 16.5. The van der Waals surface area contributed by atoms with E-state index in [0.717, 1.165) is 5.56 Å². The van der Waals surface area contributed by atoms with Gasteiger partial charge in [0.2, 0.25) is 5.91 Å². The molecule has 0 spiro atoms. The zero-order valence-corrected chi connectivity index (χ0v) is 19.4. The molecule has 0 aliphatic carbocycles. The molecule has 4 rings (SSSR count). The molecular weight excluding hydrogens is 438 g/mol. The molecule has 1 amide bonds. The minimum atomic E-state index is -1.02. The van der Waals surface area contributed by atoms with E-state index in [2.05, 4.69) is 0 Å². The van der Waals surface area contributed by atoms with Crippen molar-refractivity contribution < 1.29 is 28.6 Å². The number of carboxylic acids is 1. The van der Waals surface area contributed by atoms with Crippen LogP contribution in [0.3, 0.4) is 0 Å². The molecule has 1 N–H and O–H groups in total. The number of carbonyl (C=O) groups is 2. The van der Waals surface area contributed by atoms with E-state index in [4.69, 9.17) is 13.9 Å². The molecule has 178 valence electrons. The van der Waals surface area contributed by atoms with Gasteiger partial charge in [-0.15, -0.1) is 0 Å². The summed E-state index contributed by atoms with van der Waals surface area (Å²) in [5.74, 6) is -0.190. The number of aryl methyl sites for hydroxylation is 1. The third-order valence-corrected chi connectivity index (χ3v) is 6.82. The maximum absolute atomic E-state index is 13.1. The van der Waals surface area contributed by atoms with Crippen LogP contribution in [0, 0.1) is 6.92 Å². The van der Waals surface area contributed by atoms with E-state index in [-0.39, 0.29) is 17.9 Å². The highest BCUT2D eigenvalue weighted by Gasteiger charge is 2.43. The topological polar surface area (TPSA) is 106 Å². The Morgan fingerprint density at radius 3 is 2.26 bits per heavy atom. The number of piperidine rings is 1. The first kappa shape index (κ1) is 23.4. The predicted octanol–water partition coefficient (Wildman–Crippen LogP) is 3.31. The van der Waals surface area contributed by atoms with Crippen LogP contribution in [0.2, 0.25) is 0 Å². The van der Waals surface area contributed by atoms with Crippen molar-refractivity contribution in [1.29, 1.82) is 0 Å². The quantitative estimate of drug-likeness (QED) is 0.557. The molecule has 3 aromatic rings. The number of hydrogen-bond donors (Lipinski definition) is 1. The number of methoxy groups -OCH3 is 2. The Bertz CT molecular complexity index is 1290. The molecule has 0 saturated carbocycles. The van der Waals surface area contributed by atoms with Crippen LogP contribution in [-0.4, -0.2) is 49.2 Å². The summed E-state index contributed by atoms with van der Waals surface area (Å²) in [6, 6.07) is 12.4. The summed E-state index contributed by atoms with van der Waals surface area (Å²) in [4.78, 5) is 39.6. The van der Waals surface area contributed by atoms with Crippen LogP contribution in [0.1, 0.15) is 29.5 Å². The highest BCUT2D eigenvalue weighted by molar-refractivity contribution is 5.87. The van der Waals surface area contributed by atoms with Crippen LogP contribution in [0.25, 0.3) is 11.0 Å². The number of ether oxygens (including phenoxy) is 2. The van der Waals surface area contributed by atoms with E-state index in [1.165, 1.54) is 14.2 Å². The molecule has 2 aromatic carbocycles. The maximum atomic E-state index is 13.1. The molecule has 0 atom stereocenters. The summed E-state index contributed by atoms with van der Waals surface area (Å²) in [5, 5.41) is 10.6. The van der Waals surface area contributed by atoms with Gasteiger partial charge in [-0.2, -0.15) is 0 Å². The van der Waals surface area contributed by atoms with Gasteiger partial charge in [0.1, 0.15) is 5.58 Å². The maximum Gasteiger partial charge on any atom is 0.340 e. The Kier molecular flexibility index (Phi) is 6.32. The highest BCUT2D eigenvalue weighted by Crippen LogP contribution is 2.37. The lowest BCUT2D eigenvalue weighted by atomic mass is 9.73. The van der Waals surface area contributed by atoms with Gasteiger partial charge < -0.3 is 23.9 Å². The van der Waals surface area contributed by atoms with Crippen molar-refractivity contribution in [3.8, 4) is 11.5 Å². The van der Waals surface area contributed by atoms with Gasteiger partial charge in [0.05, 0.1) is 31.6 Å². The SMILES string of the molecule is COc1cc2oc(=O)c(CC(=O)N3CCC(C(=O)O)(c4ccccc4)CC3)c(C)c2cc1OC. The van der Waals surface area contributed by atoms with E-state index in [1.54, 1.807) is 24.0 Å². The molecule has 2 heterocycles. The summed E-state index contributed by atoms with van der Waals surface area (Å²) in [6.45, 7) is 2.36. The van der Waals surface area contributed by atoms with E-state index in [0.29, 0.717) is 54.0 Å². The van der Waals surface area contributed by atoms with Crippen molar-refractivity contribution in [3.63, 3.8) is 0 Å². The van der Waals surface area contributed by atoms with Gasteiger partial charge in [0, 0.05) is 24.5 Å². The third-order valence-electron chi connectivity index (χ3n) is 6.82. The molecule has 1 fully saturated rings. The van der Waals surface area contributed by atoms with E-state index >= 15 is 0 Å². The Morgan fingerprint density at radius 1 is 1.06 bits per heavy atom. The van der Waals surface area contributed by atoms with Crippen LogP contribution < -0.4 is 15.1 Å². The lowest BCUT2D eigenvalue weighted by Crippen LogP contribution is -2.49. The van der Waals surface area contributed by atoms with Gasteiger partial charge in [0.25, 0.3) is 0 Å². The van der Waals surface area contributed by atoms with Gasteiger partial charge in [0.15, 0.2) is 11.5 Å². The number of aliphatic carboxylic acids is 1. The van der Waals surface area contributed by atoms with Crippen LogP contribution in [0.15, 0.2) is 51.7 Å². The molecule has 1 aliphatic rings. The average Bonchev–Trinajstić information content (AvgIpc) is 2.86. The molecule has 0 radical (unpaired) electrons. The first-order valence-corrected chi connectivity index (χ1v) is 11.1. The fourth-order valence-corrected chi connectivity index (χ4v) is 4.70. The smallest absolute Gasteiger partial charge is 0.340 e. The average molecular weight is 466 g/mol. The van der Waals surface area contributed by atoms with E-state index < -0.39 is 17.0 Å². The van der Waals surface area contributed by atoms with Crippen molar-refractivity contribution >= 4 is 22.8 Å². The number of nitrogens with zero attached hydrogens (tertiary/aromatic N) is 1. The molecule has 8 heteroatoms. The fraction of sp³-hybridized carbons (Fsp3) is 0.346. The number of fused-ring (bicyclic) bond motifs is 1. The Balaban J connectivity index is 1.57. The van der Waals surface area contributed by atoms with Crippen molar-refractivity contribution in [2.45, 2.75) is 31.6 Å². The number of rotatable bonds is 6. The van der Waals surface area contributed by atoms with Crippen LogP contribution in [0.4, 0.5) is 0 Å². The van der Waals surface area contributed by atoms with Crippen molar-refractivity contribution in [2.75, 3.05) is 27.3 Å². The van der Waals surface area contributed by atoms with Crippen LogP contribution in [-0.2, 0) is 21.4 Å². The van der Waals surface area contributed by atoms with Gasteiger partial charge in [-0.3, -0.25) is 9.59 Å². The zero-order chi connectivity index (χ0) is 24.5. The third kappa shape index (κ3) is 4.00. The fourth-order valence-electron chi connectivity index (χ4n) is 4.70. The largest absolute Gasteiger partial charge is 0.493 e. The first-order chi connectivity index (χ1) is 16.3. The summed E-state index contributed by atoms with van der Waals surface area (Å²) in [5.41, 5.74) is 0.413. The van der Waals surface area contributed by atoms with Crippen molar-refractivity contribution in [2.24, 2.45) is 0 Å². The van der Waals surface area contributed by atoms with E-state index in [1.807, 2.05) is 30.3 Å². The second kappa shape index (κ2) is 9.21. The van der Waals surface area contributed by atoms with Gasteiger partial charge in [-0.05, 0) is 37.0 Å². The summed E-state index contributed by atoms with van der Waals surface area (Å²) < 4.78 is 16.1. The number of benzene rings is 2. The van der Waals surface area contributed by atoms with Gasteiger partial charge >= 0.3 is 11.6 Å². The molecule has 1 saturated heterocycles. The Hall–Kier alpha value is -3.81. The van der Waals surface area contributed by atoms with Crippen molar-refractivity contribution in [1.82, 2.24) is 4.90 Å². The van der Waals surface area contributed by atoms with E-state index in [9.17, 15) is 19.5 Å². The minimum absolute atomic E-state index is 0.121. The normalized spacial score (nSPS) is 15.2. The summed E-state index contributed by atoms with van der Waals surface area (Å²) in [6.07, 6.45) is 0.491. The second-order valence-corrected chi connectivity index (χ2v) is 8.51. The van der Waals surface area contributed by atoms with Crippen LogP contribution >= 0.6 is 0 Å². The standard InChI is InChI=1S/C26H27NO7/c1-16-18-13-21(32-2)22(33-3)15-20(18)34-24(29)19(16)14-23(28)27-11-9-26(10-12-27,25(30)31)17-7-5-4-6-8-17/h4-8,13,15H,9-12,14H2,1-3H3,(H,30,31). The lowest BCUT2D eigenvalue weighted by molar-refractivity contribution is -0.148. The summed E-state index contributed by atoms with van der Waals surface area (Å²) in [7, 11) is 3.02. The summed E-state index contributed by atoms with van der Waals surface area (Å²) >= 11 is 0. The molecular formula is C26H27NO7. The second-order valence-electron chi connectivity index (χ2n) is 8.51. The Labute approximate surface area is 196 Å². The molecule has 0 unspecified atom stereocenters. The molecule has 8 nitrogen and oxygen atoms in total. The number of amides is 1. The number of carboxylic acid groups (broad SMARTS) is 1. The number of likely N-dealkylation sites (tertiary alicyclic amines) is 1. The minimum Gasteiger partial charge on any atom is -0.493 e. The monoisotopic (exact) mass is 465 g/mol. The van der Waals surface area contributed by atoms with Gasteiger partial charge in [-0.1, -0.05) is 30.3 Å². The first-order valence-electron chi connectivity index (χ1n) is 11.1. The van der Waals surface area contributed by atoms with Crippen molar-refractivity contribution in [3.05, 3.63) is 69.6 Å². The van der Waals surface area contributed by atoms with Crippen LogP contribution in [0.5, 0.6) is 11.5 Å². The molecule has 34 heavy (non-hydrogen) atoms. The lowest BCUT2D eigenvalue weighted by Gasteiger charge is -2.39.